The van der Waals surface area contributed by atoms with Crippen LogP contribution in [0.5, 0.6) is 0 Å². The van der Waals surface area contributed by atoms with Gasteiger partial charge in [-0.2, -0.15) is 0 Å². The molecule has 0 aliphatic heterocycles. The third-order valence-corrected chi connectivity index (χ3v) is 1.88. The number of carbonyl (C=O) groups excluding carboxylic acids is 1. The zero-order chi connectivity index (χ0) is 10.7. The highest BCUT2D eigenvalue weighted by molar-refractivity contribution is 5.54. The molecule has 0 heterocycles. The summed E-state index contributed by atoms with van der Waals surface area (Å²) in [5.74, 6) is 0.0972. The molecule has 0 amide bonds. The fraction of sp³-hybridized carbons (Fsp3) is 0.917. The van der Waals surface area contributed by atoms with Crippen LogP contribution in [0.4, 0.5) is 0 Å². The molecule has 13 heavy (non-hydrogen) atoms. The van der Waals surface area contributed by atoms with Gasteiger partial charge in [0, 0.05) is 5.92 Å². The number of hydrogen-bond donors (Lipinski definition) is 0. The second kappa shape index (κ2) is 4.26. The summed E-state index contributed by atoms with van der Waals surface area (Å²) in [6.07, 6.45) is 4.04. The van der Waals surface area contributed by atoms with Gasteiger partial charge >= 0.3 is 0 Å². The molecule has 0 saturated carbocycles. The van der Waals surface area contributed by atoms with E-state index in [0.29, 0.717) is 0 Å². The van der Waals surface area contributed by atoms with Crippen LogP contribution in [-0.2, 0) is 4.79 Å². The van der Waals surface area contributed by atoms with Crippen LogP contribution in [0.25, 0.3) is 0 Å². The first-order valence-corrected chi connectivity index (χ1v) is 5.02. The first-order chi connectivity index (χ1) is 5.64. The van der Waals surface area contributed by atoms with Crippen molar-refractivity contribution >= 4 is 6.29 Å². The Bertz CT molecular complexity index is 141. The third-order valence-electron chi connectivity index (χ3n) is 1.88. The van der Waals surface area contributed by atoms with E-state index in [1.165, 1.54) is 0 Å². The first-order valence-electron chi connectivity index (χ1n) is 5.02. The fourth-order valence-corrected chi connectivity index (χ4v) is 1.63. The largest absolute Gasteiger partial charge is 0.291 e. The van der Waals surface area contributed by atoms with Gasteiger partial charge in [0.25, 0.3) is 0 Å². The Morgan fingerprint density at radius 1 is 0.923 bits per heavy atom. The molecule has 0 N–H and O–H groups in total. The molecule has 0 spiro atoms. The molecule has 1 nitrogen and oxygen atoms in total. The molecule has 0 aliphatic rings. The summed E-state index contributed by atoms with van der Waals surface area (Å²) in [5, 5.41) is 0. The van der Waals surface area contributed by atoms with Crippen molar-refractivity contribution in [3.8, 4) is 0 Å². The first kappa shape index (κ1) is 12.7. The molecule has 0 bridgehead atoms. The molecule has 0 aromatic carbocycles. The molecule has 0 aliphatic carbocycles. The summed E-state index contributed by atoms with van der Waals surface area (Å²) in [4.78, 5) is 10.7. The van der Waals surface area contributed by atoms with Gasteiger partial charge in [-0.1, -0.05) is 41.5 Å². The van der Waals surface area contributed by atoms with Gasteiger partial charge in [-0.05, 0) is 23.7 Å². The van der Waals surface area contributed by atoms with E-state index in [1.807, 2.05) is 0 Å². The minimum absolute atomic E-state index is 0.0972. The summed E-state index contributed by atoms with van der Waals surface area (Å²) in [5.41, 5.74) is 0.459. The average Bonchev–Trinajstić information content (AvgIpc) is 1.79. The second-order valence-electron chi connectivity index (χ2n) is 6.34. The molecule has 0 aromatic rings. The van der Waals surface area contributed by atoms with Crippen molar-refractivity contribution in [2.75, 3.05) is 0 Å². The van der Waals surface area contributed by atoms with Crippen LogP contribution >= 0.6 is 0 Å². The van der Waals surface area contributed by atoms with Gasteiger partial charge in [0.15, 0.2) is 0 Å². The van der Waals surface area contributed by atoms with Crippen molar-refractivity contribution in [3.63, 3.8) is 0 Å². The van der Waals surface area contributed by atoms with Gasteiger partial charge in [-0.15, -0.1) is 0 Å². The van der Waals surface area contributed by atoms with Gasteiger partial charge < -0.3 is 0 Å². The van der Waals surface area contributed by atoms with Crippen LogP contribution in [0.3, 0.4) is 0 Å². The normalized spacial score (nSPS) is 13.5. The van der Waals surface area contributed by atoms with Crippen LogP contribution in [-0.4, -0.2) is 6.29 Å². The van der Waals surface area contributed by atoms with Crippen molar-refractivity contribution in [2.45, 2.75) is 54.4 Å². The molecule has 0 fully saturated rings. The molecular weight excluding hydrogens is 160 g/mol. The molecule has 0 unspecified atom stereocenters. The Morgan fingerprint density at radius 2 is 1.23 bits per heavy atom. The molecule has 0 aromatic heterocycles. The summed E-state index contributed by atoms with van der Waals surface area (Å²) in [6.45, 7) is 13.0. The summed E-state index contributed by atoms with van der Waals surface area (Å²) >= 11 is 0. The van der Waals surface area contributed by atoms with E-state index in [0.717, 1.165) is 12.8 Å². The van der Waals surface area contributed by atoms with E-state index in [2.05, 4.69) is 47.8 Å². The van der Waals surface area contributed by atoms with E-state index in [4.69, 9.17) is 0 Å². The summed E-state index contributed by atoms with van der Waals surface area (Å²) < 4.78 is 0. The van der Waals surface area contributed by atoms with Gasteiger partial charge in [-0.3, -0.25) is 4.79 Å². The lowest BCUT2D eigenvalue weighted by atomic mass is 9.77. The molecule has 0 saturated heterocycles. The third kappa shape index (κ3) is 8.01. The molecule has 1 radical (unpaired) electrons. The monoisotopic (exact) mass is 183 g/mol. The smallest absolute Gasteiger partial charge is 0.201 e. The molecule has 0 rings (SSSR count). The topological polar surface area (TPSA) is 17.1 Å². The van der Waals surface area contributed by atoms with Gasteiger partial charge in [0.05, 0.1) is 0 Å². The minimum atomic E-state index is 0.0972. The maximum Gasteiger partial charge on any atom is 0.201 e. The maximum atomic E-state index is 10.7. The van der Waals surface area contributed by atoms with Crippen molar-refractivity contribution in [2.24, 2.45) is 16.7 Å². The van der Waals surface area contributed by atoms with Gasteiger partial charge in [-0.25, -0.2) is 0 Å². The van der Waals surface area contributed by atoms with E-state index >= 15 is 0 Å². The maximum absolute atomic E-state index is 10.7. The highest BCUT2D eigenvalue weighted by Gasteiger charge is 2.23. The average molecular weight is 183 g/mol. The van der Waals surface area contributed by atoms with Crippen LogP contribution < -0.4 is 0 Å². The second-order valence-corrected chi connectivity index (χ2v) is 6.34. The minimum Gasteiger partial charge on any atom is -0.291 e. The van der Waals surface area contributed by atoms with E-state index in [-0.39, 0.29) is 16.7 Å². The fourth-order valence-electron chi connectivity index (χ4n) is 1.63. The molecule has 1 heteroatoms. The van der Waals surface area contributed by atoms with Crippen LogP contribution in [0.15, 0.2) is 0 Å². The van der Waals surface area contributed by atoms with Crippen LogP contribution in [0, 0.1) is 16.7 Å². The summed E-state index contributed by atoms with van der Waals surface area (Å²) in [6, 6.07) is 0. The standard InChI is InChI=1S/C12H23O/c1-11(2,3)7-10(9-13)8-12(4,5)6/h10H,7-8H2,1-6H3. The zero-order valence-corrected chi connectivity index (χ0v) is 9.90. The molecule has 77 valence electrons. The van der Waals surface area contributed by atoms with Crippen LogP contribution in [0.2, 0.25) is 0 Å². The Labute approximate surface area is 82.9 Å². The molecule has 0 atom stereocenters. The Morgan fingerprint density at radius 3 is 1.38 bits per heavy atom. The Hall–Kier alpha value is -0.330. The van der Waals surface area contributed by atoms with E-state index < -0.39 is 0 Å². The number of hydrogen-bond acceptors (Lipinski definition) is 1. The highest BCUT2D eigenvalue weighted by atomic mass is 16.1. The molecular formula is C12H23O. The Kier molecular flexibility index (Phi) is 4.15. The Balaban J connectivity index is 4.13. The van der Waals surface area contributed by atoms with Crippen molar-refractivity contribution in [3.05, 3.63) is 0 Å². The van der Waals surface area contributed by atoms with E-state index in [1.54, 1.807) is 0 Å². The van der Waals surface area contributed by atoms with Crippen molar-refractivity contribution < 1.29 is 4.79 Å². The SMILES string of the molecule is CC(C)(C)CC([C]=O)CC(C)(C)C. The quantitative estimate of drug-likeness (QED) is 0.653. The van der Waals surface area contributed by atoms with Gasteiger partial charge in [0.1, 0.15) is 0 Å². The number of rotatable bonds is 3. The van der Waals surface area contributed by atoms with Crippen LogP contribution in [0.1, 0.15) is 54.4 Å². The van der Waals surface area contributed by atoms with Crippen molar-refractivity contribution in [1.82, 2.24) is 0 Å². The summed E-state index contributed by atoms with van der Waals surface area (Å²) in [7, 11) is 0. The van der Waals surface area contributed by atoms with E-state index in [9.17, 15) is 4.79 Å². The predicted molar refractivity (Wildman–Crippen MR) is 57.3 cm³/mol. The lowest BCUT2D eigenvalue weighted by Gasteiger charge is -2.27. The lowest BCUT2D eigenvalue weighted by Crippen LogP contribution is -2.20. The lowest BCUT2D eigenvalue weighted by molar-refractivity contribution is 0.259. The van der Waals surface area contributed by atoms with Crippen molar-refractivity contribution in [1.29, 1.82) is 0 Å². The zero-order valence-electron chi connectivity index (χ0n) is 9.90. The predicted octanol–water partition coefficient (Wildman–Crippen LogP) is 3.58. The highest BCUT2D eigenvalue weighted by Crippen LogP contribution is 2.31. The van der Waals surface area contributed by atoms with Gasteiger partial charge in [0.2, 0.25) is 6.29 Å².